The number of rotatable bonds is 8. The predicted octanol–water partition coefficient (Wildman–Crippen LogP) is 5.88. The molecule has 0 aliphatic heterocycles. The van der Waals surface area contributed by atoms with Gasteiger partial charge < -0.3 is 9.73 Å². The monoisotopic (exact) mass is 445 g/mol. The van der Waals surface area contributed by atoms with Crippen LogP contribution >= 0.6 is 23.2 Å². The first kappa shape index (κ1) is 22.3. The van der Waals surface area contributed by atoms with Gasteiger partial charge in [-0.3, -0.25) is 9.69 Å². The van der Waals surface area contributed by atoms with Gasteiger partial charge in [-0.2, -0.15) is 0 Å². The maximum Gasteiger partial charge on any atom is 0.273 e. The van der Waals surface area contributed by atoms with Gasteiger partial charge in [-0.15, -0.1) is 0 Å². The SMILES string of the molecule is CC(C)N(Cc1nc(C(=O)N[C@@H](C)c2ccccc2)co1)Cc1ccc(Cl)cc1Cl. The highest BCUT2D eigenvalue weighted by molar-refractivity contribution is 6.35. The number of hydrogen-bond acceptors (Lipinski definition) is 4. The Labute approximate surface area is 187 Å². The molecule has 3 aromatic rings. The van der Waals surface area contributed by atoms with Crippen molar-refractivity contribution in [1.82, 2.24) is 15.2 Å². The van der Waals surface area contributed by atoms with Crippen LogP contribution < -0.4 is 5.32 Å². The molecule has 0 saturated carbocycles. The molecule has 1 aromatic heterocycles. The molecule has 1 atom stereocenters. The summed E-state index contributed by atoms with van der Waals surface area (Å²) >= 11 is 12.3. The highest BCUT2D eigenvalue weighted by Gasteiger charge is 2.19. The van der Waals surface area contributed by atoms with E-state index in [9.17, 15) is 4.79 Å². The zero-order valence-corrected chi connectivity index (χ0v) is 18.7. The van der Waals surface area contributed by atoms with Crippen molar-refractivity contribution in [2.75, 3.05) is 0 Å². The maximum absolute atomic E-state index is 12.6. The van der Waals surface area contributed by atoms with Crippen LogP contribution in [0.1, 0.15) is 54.3 Å². The quantitative estimate of drug-likeness (QED) is 0.469. The molecule has 30 heavy (non-hydrogen) atoms. The molecule has 0 aliphatic carbocycles. The minimum atomic E-state index is -0.266. The number of benzene rings is 2. The van der Waals surface area contributed by atoms with E-state index in [1.54, 1.807) is 6.07 Å². The molecule has 0 bridgehead atoms. The Balaban J connectivity index is 1.65. The van der Waals surface area contributed by atoms with Gasteiger partial charge in [0, 0.05) is 22.6 Å². The van der Waals surface area contributed by atoms with Gasteiger partial charge >= 0.3 is 0 Å². The number of nitrogens with zero attached hydrogens (tertiary/aromatic N) is 2. The van der Waals surface area contributed by atoms with Crippen LogP contribution in [0.4, 0.5) is 0 Å². The van der Waals surface area contributed by atoms with Gasteiger partial charge in [0.15, 0.2) is 5.69 Å². The van der Waals surface area contributed by atoms with Crippen LogP contribution in [0.25, 0.3) is 0 Å². The Morgan fingerprint density at radius 3 is 2.50 bits per heavy atom. The van der Waals surface area contributed by atoms with Gasteiger partial charge in [0.05, 0.1) is 12.6 Å². The molecule has 158 valence electrons. The fourth-order valence-electron chi connectivity index (χ4n) is 3.05. The van der Waals surface area contributed by atoms with Crippen molar-refractivity contribution in [3.63, 3.8) is 0 Å². The van der Waals surface area contributed by atoms with E-state index in [1.807, 2.05) is 49.4 Å². The number of carbonyl (C=O) groups excluding carboxylic acids is 1. The molecule has 0 spiro atoms. The average molecular weight is 446 g/mol. The molecule has 1 amide bonds. The van der Waals surface area contributed by atoms with E-state index in [1.165, 1.54) is 6.26 Å². The second kappa shape index (κ2) is 10.1. The van der Waals surface area contributed by atoms with Crippen LogP contribution in [-0.4, -0.2) is 21.8 Å². The average Bonchev–Trinajstić information content (AvgIpc) is 3.18. The molecule has 5 nitrogen and oxygen atoms in total. The van der Waals surface area contributed by atoms with Gasteiger partial charge in [0.2, 0.25) is 5.89 Å². The van der Waals surface area contributed by atoms with Crippen molar-refractivity contribution in [1.29, 1.82) is 0 Å². The molecule has 0 radical (unpaired) electrons. The number of hydrogen-bond donors (Lipinski definition) is 1. The number of halogens is 2. The van der Waals surface area contributed by atoms with Crippen molar-refractivity contribution in [2.45, 2.75) is 45.9 Å². The first-order valence-electron chi connectivity index (χ1n) is 9.81. The summed E-state index contributed by atoms with van der Waals surface area (Å²) in [6, 6.07) is 15.3. The number of amides is 1. The summed E-state index contributed by atoms with van der Waals surface area (Å²) in [5, 5.41) is 4.17. The highest BCUT2D eigenvalue weighted by atomic mass is 35.5. The standard InChI is InChI=1S/C23H25Cl2N3O2/c1-15(2)28(12-18-9-10-19(24)11-20(18)25)13-22-27-21(14-30-22)23(29)26-16(3)17-7-5-4-6-8-17/h4-11,14-16H,12-13H2,1-3H3,(H,26,29)/t16-/m0/s1. The summed E-state index contributed by atoms with van der Waals surface area (Å²) in [4.78, 5) is 19.1. The van der Waals surface area contributed by atoms with Gasteiger partial charge in [-0.05, 0) is 44.0 Å². The molecule has 0 saturated heterocycles. The third kappa shape index (κ3) is 5.85. The Morgan fingerprint density at radius 1 is 1.10 bits per heavy atom. The lowest BCUT2D eigenvalue weighted by Crippen LogP contribution is -2.30. The maximum atomic E-state index is 12.6. The fourth-order valence-corrected chi connectivity index (χ4v) is 3.52. The summed E-state index contributed by atoms with van der Waals surface area (Å²) in [5.41, 5.74) is 2.26. The molecule has 0 fully saturated rings. The van der Waals surface area contributed by atoms with Gasteiger partial charge in [0.1, 0.15) is 6.26 Å². The van der Waals surface area contributed by atoms with Crippen molar-refractivity contribution in [3.05, 3.63) is 87.6 Å². The Morgan fingerprint density at radius 2 is 1.83 bits per heavy atom. The van der Waals surface area contributed by atoms with Crippen LogP contribution in [0.3, 0.4) is 0 Å². The normalized spacial score (nSPS) is 12.4. The third-order valence-electron chi connectivity index (χ3n) is 4.89. The molecule has 1 heterocycles. The number of nitrogens with one attached hydrogen (secondary N) is 1. The number of carbonyl (C=O) groups is 1. The number of aromatic nitrogens is 1. The lowest BCUT2D eigenvalue weighted by atomic mass is 10.1. The van der Waals surface area contributed by atoms with Crippen LogP contribution in [0.15, 0.2) is 59.2 Å². The molecule has 7 heteroatoms. The summed E-state index contributed by atoms with van der Waals surface area (Å²) in [5.74, 6) is 0.212. The van der Waals surface area contributed by atoms with Gasteiger partial charge in [-0.25, -0.2) is 4.98 Å². The topological polar surface area (TPSA) is 58.4 Å². The summed E-state index contributed by atoms with van der Waals surface area (Å²) in [6.45, 7) is 7.18. The second-order valence-corrected chi connectivity index (χ2v) is 8.31. The molecule has 1 N–H and O–H groups in total. The molecular formula is C23H25Cl2N3O2. The first-order valence-corrected chi connectivity index (χ1v) is 10.6. The Kier molecular flexibility index (Phi) is 7.53. The first-order chi connectivity index (χ1) is 14.3. The lowest BCUT2D eigenvalue weighted by Gasteiger charge is -2.25. The zero-order valence-electron chi connectivity index (χ0n) is 17.2. The van der Waals surface area contributed by atoms with E-state index in [2.05, 4.69) is 29.0 Å². The Hall–Kier alpha value is -2.34. The summed E-state index contributed by atoms with van der Waals surface area (Å²) in [7, 11) is 0. The van der Waals surface area contributed by atoms with E-state index in [0.717, 1.165) is 11.1 Å². The summed E-state index contributed by atoms with van der Waals surface area (Å²) < 4.78 is 5.57. The van der Waals surface area contributed by atoms with Crippen LogP contribution in [-0.2, 0) is 13.1 Å². The van der Waals surface area contributed by atoms with Crippen molar-refractivity contribution in [2.24, 2.45) is 0 Å². The van der Waals surface area contributed by atoms with Gasteiger partial charge in [0.25, 0.3) is 5.91 Å². The molecule has 0 aliphatic rings. The van der Waals surface area contributed by atoms with E-state index < -0.39 is 0 Å². The zero-order chi connectivity index (χ0) is 21.7. The van der Waals surface area contributed by atoms with Gasteiger partial charge in [-0.1, -0.05) is 59.6 Å². The van der Waals surface area contributed by atoms with E-state index in [0.29, 0.717) is 29.0 Å². The minimum Gasteiger partial charge on any atom is -0.447 e. The number of oxazole rings is 1. The highest BCUT2D eigenvalue weighted by Crippen LogP contribution is 2.24. The molecular weight excluding hydrogens is 421 g/mol. The van der Waals surface area contributed by atoms with Crippen LogP contribution in [0, 0.1) is 0 Å². The van der Waals surface area contributed by atoms with Crippen LogP contribution in [0.2, 0.25) is 10.0 Å². The lowest BCUT2D eigenvalue weighted by molar-refractivity contribution is 0.0934. The third-order valence-corrected chi connectivity index (χ3v) is 5.48. The minimum absolute atomic E-state index is 0.127. The predicted molar refractivity (Wildman–Crippen MR) is 120 cm³/mol. The summed E-state index contributed by atoms with van der Waals surface area (Å²) in [6.07, 6.45) is 1.40. The smallest absolute Gasteiger partial charge is 0.273 e. The largest absolute Gasteiger partial charge is 0.447 e. The fraction of sp³-hybridized carbons (Fsp3) is 0.304. The van der Waals surface area contributed by atoms with Crippen LogP contribution in [0.5, 0.6) is 0 Å². The molecule has 0 unspecified atom stereocenters. The Bertz CT molecular complexity index is 989. The molecule has 3 rings (SSSR count). The van der Waals surface area contributed by atoms with E-state index in [4.69, 9.17) is 27.6 Å². The van der Waals surface area contributed by atoms with E-state index in [-0.39, 0.29) is 23.7 Å². The van der Waals surface area contributed by atoms with Crippen molar-refractivity contribution in [3.8, 4) is 0 Å². The van der Waals surface area contributed by atoms with E-state index >= 15 is 0 Å². The van der Waals surface area contributed by atoms with Crippen molar-refractivity contribution < 1.29 is 9.21 Å². The molecule has 2 aromatic carbocycles. The van der Waals surface area contributed by atoms with Crippen molar-refractivity contribution >= 4 is 29.1 Å². The second-order valence-electron chi connectivity index (χ2n) is 7.47.